The van der Waals surface area contributed by atoms with Gasteiger partial charge in [0.25, 0.3) is 0 Å². The molecule has 35 heavy (non-hydrogen) atoms. The molecule has 0 aromatic heterocycles. The monoisotopic (exact) mass is 524 g/mol. The molecule has 1 aromatic rings. The number of methoxy groups -OCH3 is 1. The van der Waals surface area contributed by atoms with Crippen molar-refractivity contribution in [2.45, 2.75) is 113 Å². The molecule has 198 valence electrons. The van der Waals surface area contributed by atoms with Crippen molar-refractivity contribution in [3.05, 3.63) is 29.8 Å². The Morgan fingerprint density at radius 1 is 1.06 bits per heavy atom. The number of benzene rings is 1. The fraction of sp³-hybridized carbons (Fsp3) is 0.778. The molecule has 1 spiro atoms. The summed E-state index contributed by atoms with van der Waals surface area (Å²) in [6, 6.07) is 8.03. The standard InChI is InChI=1S/C27H44O6SSi/c1-26(2,3)35(6,7)33-23-22-21(18-30-27(32-22)15-9-8-10-16-27)31-25(34-5)24(23)29-17-19-11-13-20(28-4)14-12-19/h11-14,21-25H,8-10,15-18H2,1-7H3/t21-,22-,23+,24+,25-/m1/s1. The van der Waals surface area contributed by atoms with Crippen LogP contribution >= 0.6 is 11.8 Å². The van der Waals surface area contributed by atoms with Crippen LogP contribution < -0.4 is 4.74 Å². The molecule has 6 nitrogen and oxygen atoms in total. The molecule has 1 aliphatic carbocycles. The molecular weight excluding hydrogens is 480 g/mol. The predicted octanol–water partition coefficient (Wildman–Crippen LogP) is 6.13. The van der Waals surface area contributed by atoms with Crippen molar-refractivity contribution in [2.24, 2.45) is 0 Å². The summed E-state index contributed by atoms with van der Waals surface area (Å²) in [6.07, 6.45) is 6.63. The van der Waals surface area contributed by atoms with Crippen molar-refractivity contribution >= 4 is 20.1 Å². The van der Waals surface area contributed by atoms with Gasteiger partial charge in [0.2, 0.25) is 0 Å². The highest BCUT2D eigenvalue weighted by Gasteiger charge is 2.56. The quantitative estimate of drug-likeness (QED) is 0.397. The Labute approximate surface area is 216 Å². The van der Waals surface area contributed by atoms with Crippen LogP contribution in [0, 0.1) is 0 Å². The molecule has 0 bridgehead atoms. The molecule has 3 aliphatic rings. The molecule has 2 saturated heterocycles. The lowest BCUT2D eigenvalue weighted by atomic mass is 9.91. The predicted molar refractivity (Wildman–Crippen MR) is 142 cm³/mol. The summed E-state index contributed by atoms with van der Waals surface area (Å²) in [4.78, 5) is 0. The number of ether oxygens (including phenoxy) is 5. The zero-order valence-corrected chi connectivity index (χ0v) is 24.3. The van der Waals surface area contributed by atoms with E-state index in [0.717, 1.165) is 37.0 Å². The molecule has 4 rings (SSSR count). The molecule has 0 N–H and O–H groups in total. The molecule has 2 heterocycles. The van der Waals surface area contributed by atoms with Crippen LogP contribution in [0.2, 0.25) is 18.1 Å². The molecule has 8 heteroatoms. The minimum absolute atomic E-state index is 0.0733. The largest absolute Gasteiger partial charge is 0.497 e. The summed E-state index contributed by atoms with van der Waals surface area (Å²) < 4.78 is 38.8. The van der Waals surface area contributed by atoms with Gasteiger partial charge in [-0.2, -0.15) is 0 Å². The van der Waals surface area contributed by atoms with Crippen LogP contribution in [0.25, 0.3) is 0 Å². The van der Waals surface area contributed by atoms with E-state index >= 15 is 0 Å². The first kappa shape index (κ1) is 27.4. The first-order chi connectivity index (χ1) is 16.6. The lowest BCUT2D eigenvalue weighted by Gasteiger charge is -2.55. The molecular formula is C27H44O6SSi. The zero-order valence-electron chi connectivity index (χ0n) is 22.5. The third kappa shape index (κ3) is 6.11. The van der Waals surface area contributed by atoms with E-state index in [1.807, 2.05) is 24.3 Å². The summed E-state index contributed by atoms with van der Waals surface area (Å²) in [5.41, 5.74) is 0.937. The van der Waals surface area contributed by atoms with Crippen LogP contribution in [-0.2, 0) is 30.0 Å². The highest BCUT2D eigenvalue weighted by atomic mass is 32.2. The maximum absolute atomic E-state index is 7.14. The van der Waals surface area contributed by atoms with Crippen LogP contribution in [0.4, 0.5) is 0 Å². The van der Waals surface area contributed by atoms with Gasteiger partial charge in [-0.1, -0.05) is 39.3 Å². The van der Waals surface area contributed by atoms with Gasteiger partial charge in [-0.05, 0) is 54.9 Å². The summed E-state index contributed by atoms with van der Waals surface area (Å²) >= 11 is 1.67. The Balaban J connectivity index is 1.61. The van der Waals surface area contributed by atoms with E-state index in [4.69, 9.17) is 28.1 Å². The first-order valence-corrected chi connectivity index (χ1v) is 17.2. The summed E-state index contributed by atoms with van der Waals surface area (Å²) in [5.74, 6) is 0.331. The lowest BCUT2D eigenvalue weighted by molar-refractivity contribution is -0.370. The van der Waals surface area contributed by atoms with Crippen molar-refractivity contribution in [3.63, 3.8) is 0 Å². The SMILES string of the molecule is COc1ccc(CO[C@H]2[C@@H](O[Si](C)(C)C(C)(C)C)[C@@H]3OC4(CCCCC4)OC[C@H]3O[C@@H]2SC)cc1. The molecule has 0 unspecified atom stereocenters. The minimum atomic E-state index is -2.12. The van der Waals surface area contributed by atoms with Gasteiger partial charge in [-0.15, -0.1) is 11.8 Å². The second-order valence-electron chi connectivity index (χ2n) is 11.6. The Morgan fingerprint density at radius 3 is 2.34 bits per heavy atom. The van der Waals surface area contributed by atoms with E-state index in [0.29, 0.717) is 13.2 Å². The van der Waals surface area contributed by atoms with Crippen molar-refractivity contribution in [1.29, 1.82) is 0 Å². The topological polar surface area (TPSA) is 55.4 Å². The highest BCUT2D eigenvalue weighted by molar-refractivity contribution is 7.99. The Bertz CT molecular complexity index is 820. The maximum atomic E-state index is 7.14. The van der Waals surface area contributed by atoms with Crippen molar-refractivity contribution < 1.29 is 28.1 Å². The molecule has 5 atom stereocenters. The van der Waals surface area contributed by atoms with Gasteiger partial charge in [-0.25, -0.2) is 0 Å². The molecule has 1 aromatic carbocycles. The van der Waals surface area contributed by atoms with Gasteiger partial charge in [0.05, 0.1) is 20.3 Å². The second-order valence-corrected chi connectivity index (χ2v) is 17.3. The van der Waals surface area contributed by atoms with E-state index in [9.17, 15) is 0 Å². The summed E-state index contributed by atoms with van der Waals surface area (Å²) in [5, 5.41) is 0.0733. The van der Waals surface area contributed by atoms with Crippen LogP contribution in [0.15, 0.2) is 24.3 Å². The molecule has 3 fully saturated rings. The fourth-order valence-corrected chi connectivity index (χ4v) is 7.01. The Hall–Kier alpha value is -0.613. The lowest BCUT2D eigenvalue weighted by Crippen LogP contribution is -2.67. The number of hydrogen-bond donors (Lipinski definition) is 0. The molecule has 0 amide bonds. The second kappa shape index (κ2) is 11.0. The van der Waals surface area contributed by atoms with E-state index in [2.05, 4.69) is 40.1 Å². The number of hydrogen-bond acceptors (Lipinski definition) is 7. The minimum Gasteiger partial charge on any atom is -0.497 e. The molecule has 1 saturated carbocycles. The molecule has 2 aliphatic heterocycles. The van der Waals surface area contributed by atoms with Crippen LogP contribution in [-0.4, -0.2) is 63.9 Å². The average molecular weight is 525 g/mol. The van der Waals surface area contributed by atoms with E-state index < -0.39 is 14.1 Å². The van der Waals surface area contributed by atoms with Gasteiger partial charge in [0.15, 0.2) is 14.1 Å². The Kier molecular flexibility index (Phi) is 8.63. The van der Waals surface area contributed by atoms with Gasteiger partial charge >= 0.3 is 0 Å². The van der Waals surface area contributed by atoms with Gasteiger partial charge in [0.1, 0.15) is 35.6 Å². The van der Waals surface area contributed by atoms with E-state index in [-0.39, 0.29) is 34.9 Å². The fourth-order valence-electron chi connectivity index (χ4n) is 4.95. The van der Waals surface area contributed by atoms with E-state index in [1.165, 1.54) is 6.42 Å². The number of fused-ring (bicyclic) bond motifs is 1. The van der Waals surface area contributed by atoms with Crippen LogP contribution in [0.3, 0.4) is 0 Å². The average Bonchev–Trinajstić information content (AvgIpc) is 2.83. The van der Waals surface area contributed by atoms with Crippen molar-refractivity contribution in [1.82, 2.24) is 0 Å². The van der Waals surface area contributed by atoms with E-state index in [1.54, 1.807) is 18.9 Å². The molecule has 0 radical (unpaired) electrons. The van der Waals surface area contributed by atoms with Gasteiger partial charge in [0, 0.05) is 12.8 Å². The van der Waals surface area contributed by atoms with Crippen molar-refractivity contribution in [2.75, 3.05) is 20.0 Å². The first-order valence-electron chi connectivity index (χ1n) is 13.0. The van der Waals surface area contributed by atoms with Gasteiger partial charge in [-0.3, -0.25) is 0 Å². The van der Waals surface area contributed by atoms with Gasteiger partial charge < -0.3 is 28.1 Å². The normalized spacial score (nSPS) is 31.2. The third-order valence-corrected chi connectivity index (χ3v) is 13.5. The summed E-state index contributed by atoms with van der Waals surface area (Å²) in [7, 11) is -0.436. The zero-order chi connectivity index (χ0) is 25.3. The Morgan fingerprint density at radius 2 is 1.74 bits per heavy atom. The van der Waals surface area contributed by atoms with Crippen LogP contribution in [0.5, 0.6) is 5.75 Å². The highest BCUT2D eigenvalue weighted by Crippen LogP contribution is 2.46. The number of thioether (sulfide) groups is 1. The smallest absolute Gasteiger partial charge is 0.192 e. The maximum Gasteiger partial charge on any atom is 0.192 e. The van der Waals surface area contributed by atoms with Crippen LogP contribution in [0.1, 0.15) is 58.4 Å². The summed E-state index contributed by atoms with van der Waals surface area (Å²) in [6.45, 7) is 12.5. The van der Waals surface area contributed by atoms with Crippen molar-refractivity contribution in [3.8, 4) is 5.75 Å². The number of rotatable bonds is 7. The third-order valence-electron chi connectivity index (χ3n) is 8.14.